The lowest BCUT2D eigenvalue weighted by Gasteiger charge is -2.57. The van der Waals surface area contributed by atoms with Crippen LogP contribution in [0.2, 0.25) is 10.0 Å². The van der Waals surface area contributed by atoms with E-state index in [0.717, 1.165) is 21.3 Å². The lowest BCUT2D eigenvalue weighted by atomic mass is 9.90. The van der Waals surface area contributed by atoms with Crippen LogP contribution in [0.5, 0.6) is 0 Å². The van der Waals surface area contributed by atoms with Crippen LogP contribution in [0.3, 0.4) is 0 Å². The van der Waals surface area contributed by atoms with Gasteiger partial charge < -0.3 is 15.5 Å². The third-order valence-corrected chi connectivity index (χ3v) is 9.77. The average molecular weight is 587 g/mol. The number of carbonyl (C=O) groups excluding carboxylic acids is 3. The molecule has 0 radical (unpaired) electrons. The molecule has 5 rings (SSSR count). The van der Waals surface area contributed by atoms with Gasteiger partial charge in [0.15, 0.2) is 11.6 Å². The fourth-order valence-corrected chi connectivity index (χ4v) is 7.69. The minimum Gasteiger partial charge on any atom is -0.366 e. The zero-order valence-corrected chi connectivity index (χ0v) is 22.1. The Labute approximate surface area is 227 Å². The van der Waals surface area contributed by atoms with Crippen molar-refractivity contribution in [3.63, 3.8) is 0 Å². The summed E-state index contributed by atoms with van der Waals surface area (Å²) < 4.78 is 56.3. The van der Waals surface area contributed by atoms with Crippen LogP contribution in [0.25, 0.3) is 0 Å². The van der Waals surface area contributed by atoms with E-state index in [0.29, 0.717) is 12.8 Å². The normalized spacial score (nSPS) is 24.5. The number of carbonyl (C=O) groups is 3. The molecule has 2 aromatic carbocycles. The van der Waals surface area contributed by atoms with Crippen molar-refractivity contribution in [3.05, 3.63) is 63.6 Å². The number of sulfonamides is 1. The van der Waals surface area contributed by atoms with Gasteiger partial charge in [-0.15, -0.1) is 0 Å². The molecule has 3 amide bonds. The smallest absolute Gasteiger partial charge is 0.261 e. The first kappa shape index (κ1) is 26.8. The Morgan fingerprint density at radius 3 is 2.39 bits per heavy atom. The number of hydrogen-bond donors (Lipinski definition) is 1. The first-order chi connectivity index (χ1) is 17.9. The second-order valence-electron chi connectivity index (χ2n) is 9.51. The molecule has 3 fully saturated rings. The van der Waals surface area contributed by atoms with Crippen LogP contribution in [0.1, 0.15) is 24.8 Å². The Morgan fingerprint density at radius 1 is 1.08 bits per heavy atom. The fourth-order valence-electron chi connectivity index (χ4n) is 5.24. The van der Waals surface area contributed by atoms with Gasteiger partial charge in [0.25, 0.3) is 5.91 Å². The number of nitrogens with zero attached hydrogens (tertiary/aromatic N) is 3. The quantitative estimate of drug-likeness (QED) is 0.556. The zero-order chi connectivity index (χ0) is 27.6. The summed E-state index contributed by atoms with van der Waals surface area (Å²) in [6.07, 6.45) is 0.574. The number of fused-ring (bicyclic) bond motifs is 1. The highest BCUT2D eigenvalue weighted by Gasteiger charge is 2.65. The van der Waals surface area contributed by atoms with E-state index in [4.69, 9.17) is 28.9 Å². The molecule has 9 nitrogen and oxygen atoms in total. The molecular weight excluding hydrogens is 565 g/mol. The van der Waals surface area contributed by atoms with Gasteiger partial charge in [0.2, 0.25) is 27.5 Å². The SMILES string of the molecule is NC(=O)C12CN(C3CC3)C(=O)C(Cc3ccc(F)c(F)c3)N1C(=O)CCN2S(=O)(=O)c1ccc(Cl)cc1Cl. The van der Waals surface area contributed by atoms with Crippen LogP contribution < -0.4 is 5.73 Å². The van der Waals surface area contributed by atoms with Crippen molar-refractivity contribution in [3.8, 4) is 0 Å². The van der Waals surface area contributed by atoms with Crippen LogP contribution in [-0.2, 0) is 30.8 Å². The number of primary amides is 1. The van der Waals surface area contributed by atoms with Crippen LogP contribution in [-0.4, -0.2) is 71.1 Å². The number of piperazine rings is 1. The lowest BCUT2D eigenvalue weighted by Crippen LogP contribution is -2.82. The van der Waals surface area contributed by atoms with Gasteiger partial charge in [0.1, 0.15) is 10.9 Å². The van der Waals surface area contributed by atoms with Crippen molar-refractivity contribution >= 4 is 50.9 Å². The summed E-state index contributed by atoms with van der Waals surface area (Å²) in [5.41, 5.74) is 3.78. The summed E-state index contributed by atoms with van der Waals surface area (Å²) >= 11 is 12.2. The molecule has 2 aliphatic heterocycles. The fraction of sp³-hybridized carbons (Fsp3) is 0.375. The molecule has 1 saturated carbocycles. The Morgan fingerprint density at radius 2 is 1.79 bits per heavy atom. The molecule has 1 aliphatic carbocycles. The number of amides is 3. The molecule has 38 heavy (non-hydrogen) atoms. The third kappa shape index (κ3) is 4.23. The Bertz CT molecular complexity index is 1470. The van der Waals surface area contributed by atoms with Gasteiger partial charge >= 0.3 is 0 Å². The van der Waals surface area contributed by atoms with Gasteiger partial charge in [0, 0.05) is 30.5 Å². The number of hydrogen-bond acceptors (Lipinski definition) is 5. The third-order valence-electron chi connectivity index (χ3n) is 7.14. The number of benzene rings is 2. The van der Waals surface area contributed by atoms with E-state index in [1.54, 1.807) is 0 Å². The maximum absolute atomic E-state index is 14.0. The molecule has 14 heteroatoms. The largest absolute Gasteiger partial charge is 0.366 e. The van der Waals surface area contributed by atoms with Crippen molar-refractivity contribution in [1.29, 1.82) is 0 Å². The van der Waals surface area contributed by atoms with Crippen LogP contribution in [0, 0.1) is 11.6 Å². The first-order valence-electron chi connectivity index (χ1n) is 11.7. The molecule has 0 spiro atoms. The second-order valence-corrected chi connectivity index (χ2v) is 12.2. The summed E-state index contributed by atoms with van der Waals surface area (Å²) in [4.78, 5) is 42.2. The first-order valence-corrected chi connectivity index (χ1v) is 13.9. The van der Waals surface area contributed by atoms with Crippen LogP contribution >= 0.6 is 23.2 Å². The van der Waals surface area contributed by atoms with Crippen LogP contribution in [0.4, 0.5) is 8.78 Å². The molecule has 2 heterocycles. The predicted octanol–water partition coefficient (Wildman–Crippen LogP) is 2.29. The molecule has 0 aromatic heterocycles. The second kappa shape index (κ2) is 9.44. The number of nitrogens with two attached hydrogens (primary N) is 1. The molecule has 2 atom stereocenters. The molecular formula is C24H22Cl2F2N4O5S. The highest BCUT2D eigenvalue weighted by atomic mass is 35.5. The van der Waals surface area contributed by atoms with Crippen molar-refractivity contribution in [2.75, 3.05) is 13.1 Å². The molecule has 202 valence electrons. The van der Waals surface area contributed by atoms with E-state index in [1.807, 2.05) is 0 Å². The Kier molecular flexibility index (Phi) is 6.65. The summed E-state index contributed by atoms with van der Waals surface area (Å²) in [7, 11) is -4.56. The minimum absolute atomic E-state index is 0.173. The van der Waals surface area contributed by atoms with E-state index in [-0.39, 0.29) is 39.4 Å². The van der Waals surface area contributed by atoms with Gasteiger partial charge in [-0.25, -0.2) is 17.2 Å². The van der Waals surface area contributed by atoms with Gasteiger partial charge in [0.05, 0.1) is 11.6 Å². The van der Waals surface area contributed by atoms with E-state index >= 15 is 0 Å². The standard InChI is InChI=1S/C24H22Cl2F2N4O5S/c25-14-2-6-20(16(26)11-14)38(36,37)31-8-7-21(33)32-19(10-13-1-5-17(27)18(28)9-13)22(34)30(15-3-4-15)12-24(31,32)23(29)35/h1-2,5-6,9,11,15,19H,3-4,7-8,10,12H2,(H2,29,35). The highest BCUT2D eigenvalue weighted by molar-refractivity contribution is 7.89. The topological polar surface area (TPSA) is 121 Å². The molecule has 2 aromatic rings. The molecule has 0 bridgehead atoms. The van der Waals surface area contributed by atoms with Crippen molar-refractivity contribution in [2.24, 2.45) is 5.73 Å². The molecule has 2 saturated heterocycles. The number of rotatable bonds is 6. The van der Waals surface area contributed by atoms with Gasteiger partial charge in [-0.2, -0.15) is 4.31 Å². The molecule has 3 aliphatic rings. The molecule has 2 unspecified atom stereocenters. The van der Waals surface area contributed by atoms with E-state index < -0.39 is 64.2 Å². The maximum atomic E-state index is 14.0. The monoisotopic (exact) mass is 586 g/mol. The highest BCUT2D eigenvalue weighted by Crippen LogP contribution is 2.43. The van der Waals surface area contributed by atoms with Crippen molar-refractivity contribution in [1.82, 2.24) is 14.1 Å². The summed E-state index contributed by atoms with van der Waals surface area (Å²) in [5, 5.41) is -0.0198. The van der Waals surface area contributed by atoms with Crippen molar-refractivity contribution in [2.45, 2.75) is 48.3 Å². The minimum atomic E-state index is -4.56. The average Bonchev–Trinajstić information content (AvgIpc) is 3.68. The maximum Gasteiger partial charge on any atom is 0.261 e. The predicted molar refractivity (Wildman–Crippen MR) is 132 cm³/mol. The Hall–Kier alpha value is -2.80. The summed E-state index contributed by atoms with van der Waals surface area (Å²) in [6, 6.07) is 5.08. The Balaban J connectivity index is 1.67. The van der Waals surface area contributed by atoms with Gasteiger partial charge in [-0.3, -0.25) is 14.4 Å². The molecule has 2 N–H and O–H groups in total. The lowest BCUT2D eigenvalue weighted by molar-refractivity contribution is -0.185. The zero-order valence-electron chi connectivity index (χ0n) is 19.7. The van der Waals surface area contributed by atoms with E-state index in [1.165, 1.54) is 29.2 Å². The summed E-state index contributed by atoms with van der Waals surface area (Å²) in [6.45, 7) is -0.875. The summed E-state index contributed by atoms with van der Waals surface area (Å²) in [5.74, 6) is -4.62. The number of halogens is 4. The van der Waals surface area contributed by atoms with Crippen LogP contribution in [0.15, 0.2) is 41.3 Å². The van der Waals surface area contributed by atoms with Gasteiger partial charge in [-0.1, -0.05) is 29.3 Å². The van der Waals surface area contributed by atoms with Crippen molar-refractivity contribution < 1.29 is 31.6 Å². The van der Waals surface area contributed by atoms with E-state index in [9.17, 15) is 31.6 Å². The van der Waals surface area contributed by atoms with E-state index in [2.05, 4.69) is 0 Å². The van der Waals surface area contributed by atoms with Gasteiger partial charge in [-0.05, 0) is 48.7 Å².